The van der Waals surface area contributed by atoms with Crippen molar-refractivity contribution in [2.75, 3.05) is 5.32 Å². The number of hydrogen-bond acceptors (Lipinski definition) is 3. The molecule has 2 unspecified atom stereocenters. The number of carbonyl (C=O) groups is 1. The average Bonchev–Trinajstić information content (AvgIpc) is 3.13. The number of nitrogens with two attached hydrogens (primary N) is 1. The van der Waals surface area contributed by atoms with Crippen LogP contribution >= 0.6 is 11.6 Å². The molecule has 3 rings (SSSR count). The summed E-state index contributed by atoms with van der Waals surface area (Å²) < 4.78 is 5.92. The maximum absolute atomic E-state index is 12.2. The number of benzene rings is 1. The molecule has 0 saturated heterocycles. The van der Waals surface area contributed by atoms with E-state index in [1.54, 1.807) is 6.07 Å². The van der Waals surface area contributed by atoms with Crippen molar-refractivity contribution in [3.63, 3.8) is 0 Å². The van der Waals surface area contributed by atoms with Crippen LogP contribution in [0, 0.1) is 5.92 Å². The molecule has 5 heteroatoms. The monoisotopic (exact) mass is 322 g/mol. The van der Waals surface area contributed by atoms with E-state index in [2.05, 4.69) is 5.32 Å². The topological polar surface area (TPSA) is 64.4 Å². The van der Waals surface area contributed by atoms with Crippen molar-refractivity contribution in [1.82, 2.24) is 0 Å². The van der Waals surface area contributed by atoms with Gasteiger partial charge in [-0.05, 0) is 63.1 Å². The summed E-state index contributed by atoms with van der Waals surface area (Å²) in [5, 5.41) is 3.48. The standard InChI is InChI=1S/C17H23ClN2O2/c18-15-10-13(20-17(21)11-5-6-12(19)9-11)7-8-16(15)22-14-3-1-2-4-14/h7-8,10-12,14H,1-6,9,19H2,(H,20,21). The van der Waals surface area contributed by atoms with Crippen molar-refractivity contribution >= 4 is 23.2 Å². The predicted octanol–water partition coefficient (Wildman–Crippen LogP) is 3.73. The Morgan fingerprint density at radius 1 is 1.23 bits per heavy atom. The van der Waals surface area contributed by atoms with Crippen LogP contribution in [0.25, 0.3) is 0 Å². The number of halogens is 1. The van der Waals surface area contributed by atoms with Gasteiger partial charge in [-0.25, -0.2) is 0 Å². The Kier molecular flexibility index (Phi) is 4.89. The lowest BCUT2D eigenvalue weighted by Gasteiger charge is -2.16. The van der Waals surface area contributed by atoms with Gasteiger partial charge in [0.25, 0.3) is 0 Å². The van der Waals surface area contributed by atoms with Gasteiger partial charge in [0.1, 0.15) is 5.75 Å². The van der Waals surface area contributed by atoms with Crippen molar-refractivity contribution in [1.29, 1.82) is 0 Å². The van der Waals surface area contributed by atoms with Gasteiger partial charge in [0, 0.05) is 17.6 Å². The molecular weight excluding hydrogens is 300 g/mol. The average molecular weight is 323 g/mol. The summed E-state index contributed by atoms with van der Waals surface area (Å²) in [5.74, 6) is 0.756. The van der Waals surface area contributed by atoms with Gasteiger partial charge >= 0.3 is 0 Å². The first-order valence-electron chi connectivity index (χ1n) is 8.14. The van der Waals surface area contributed by atoms with Crippen LogP contribution in [0.5, 0.6) is 5.75 Å². The number of anilines is 1. The Balaban J connectivity index is 1.60. The molecule has 0 bridgehead atoms. The Bertz CT molecular complexity index is 543. The Morgan fingerprint density at radius 3 is 2.64 bits per heavy atom. The second-order valence-electron chi connectivity index (χ2n) is 6.43. The number of nitrogens with one attached hydrogen (secondary N) is 1. The number of ether oxygens (including phenoxy) is 1. The van der Waals surface area contributed by atoms with Gasteiger partial charge in [-0.2, -0.15) is 0 Å². The largest absolute Gasteiger partial charge is 0.489 e. The van der Waals surface area contributed by atoms with Gasteiger partial charge in [0.2, 0.25) is 5.91 Å². The molecule has 1 aromatic carbocycles. The zero-order valence-electron chi connectivity index (χ0n) is 12.7. The highest BCUT2D eigenvalue weighted by Gasteiger charge is 2.27. The van der Waals surface area contributed by atoms with Crippen molar-refractivity contribution in [2.45, 2.75) is 57.1 Å². The molecule has 2 aliphatic rings. The van der Waals surface area contributed by atoms with Gasteiger partial charge in [-0.15, -0.1) is 0 Å². The molecule has 2 fully saturated rings. The van der Waals surface area contributed by atoms with Crippen LogP contribution in [0.3, 0.4) is 0 Å². The van der Waals surface area contributed by atoms with Crippen LogP contribution in [0.4, 0.5) is 5.69 Å². The minimum Gasteiger partial charge on any atom is -0.489 e. The lowest BCUT2D eigenvalue weighted by Crippen LogP contribution is -2.23. The van der Waals surface area contributed by atoms with E-state index < -0.39 is 0 Å². The summed E-state index contributed by atoms with van der Waals surface area (Å²) in [7, 11) is 0. The smallest absolute Gasteiger partial charge is 0.227 e. The summed E-state index contributed by atoms with van der Waals surface area (Å²) in [6.45, 7) is 0. The van der Waals surface area contributed by atoms with Crippen molar-refractivity contribution in [3.05, 3.63) is 23.2 Å². The van der Waals surface area contributed by atoms with Crippen LogP contribution < -0.4 is 15.8 Å². The van der Waals surface area contributed by atoms with Crippen LogP contribution in [0.1, 0.15) is 44.9 Å². The lowest BCUT2D eigenvalue weighted by atomic mass is 10.1. The van der Waals surface area contributed by atoms with Crippen LogP contribution in [-0.4, -0.2) is 18.1 Å². The summed E-state index contributed by atoms with van der Waals surface area (Å²) in [6, 6.07) is 5.61. The second kappa shape index (κ2) is 6.88. The first-order valence-corrected chi connectivity index (χ1v) is 8.52. The van der Waals surface area contributed by atoms with E-state index in [9.17, 15) is 4.79 Å². The van der Waals surface area contributed by atoms with E-state index in [-0.39, 0.29) is 24.0 Å². The van der Waals surface area contributed by atoms with Gasteiger partial charge in [-0.1, -0.05) is 11.6 Å². The molecule has 2 atom stereocenters. The molecule has 1 amide bonds. The molecule has 0 aliphatic heterocycles. The van der Waals surface area contributed by atoms with Gasteiger partial charge in [-0.3, -0.25) is 4.79 Å². The minimum atomic E-state index is 0.0168. The molecule has 2 aliphatic carbocycles. The van der Waals surface area contributed by atoms with Gasteiger partial charge in [0.15, 0.2) is 0 Å². The number of amides is 1. The zero-order valence-corrected chi connectivity index (χ0v) is 13.4. The van der Waals surface area contributed by atoms with Gasteiger partial charge < -0.3 is 15.8 Å². The molecule has 22 heavy (non-hydrogen) atoms. The van der Waals surface area contributed by atoms with Crippen molar-refractivity contribution < 1.29 is 9.53 Å². The SMILES string of the molecule is NC1CCC(C(=O)Nc2ccc(OC3CCCC3)c(Cl)c2)C1. The minimum absolute atomic E-state index is 0.0168. The summed E-state index contributed by atoms with van der Waals surface area (Å²) in [5.41, 5.74) is 6.58. The normalized spacial score (nSPS) is 25.4. The fourth-order valence-electron chi connectivity index (χ4n) is 3.36. The Morgan fingerprint density at radius 2 is 2.00 bits per heavy atom. The Labute approximate surface area is 136 Å². The molecule has 2 saturated carbocycles. The van der Waals surface area contributed by atoms with Crippen LogP contribution in [-0.2, 0) is 4.79 Å². The predicted molar refractivity (Wildman–Crippen MR) is 88.3 cm³/mol. The fraction of sp³-hybridized carbons (Fsp3) is 0.588. The first-order chi connectivity index (χ1) is 10.6. The van der Waals surface area contributed by atoms with E-state index in [1.807, 2.05) is 12.1 Å². The number of carbonyl (C=O) groups excluding carboxylic acids is 1. The quantitative estimate of drug-likeness (QED) is 0.887. The molecule has 0 spiro atoms. The van der Waals surface area contributed by atoms with E-state index in [0.717, 1.165) is 32.1 Å². The third-order valence-corrected chi connectivity index (χ3v) is 4.93. The summed E-state index contributed by atoms with van der Waals surface area (Å²) in [4.78, 5) is 12.2. The molecule has 1 aromatic rings. The molecule has 0 heterocycles. The zero-order chi connectivity index (χ0) is 15.5. The lowest BCUT2D eigenvalue weighted by molar-refractivity contribution is -0.119. The van der Waals surface area contributed by atoms with E-state index in [4.69, 9.17) is 22.1 Å². The number of rotatable bonds is 4. The van der Waals surface area contributed by atoms with Gasteiger partial charge in [0.05, 0.1) is 11.1 Å². The molecule has 0 aromatic heterocycles. The third-order valence-electron chi connectivity index (χ3n) is 4.64. The molecule has 120 valence electrons. The summed E-state index contributed by atoms with van der Waals surface area (Å²) in [6.07, 6.45) is 7.46. The highest BCUT2D eigenvalue weighted by atomic mass is 35.5. The van der Waals surface area contributed by atoms with Crippen molar-refractivity contribution in [3.8, 4) is 5.75 Å². The van der Waals surface area contributed by atoms with Crippen LogP contribution in [0.15, 0.2) is 18.2 Å². The second-order valence-corrected chi connectivity index (χ2v) is 6.84. The maximum atomic E-state index is 12.2. The summed E-state index contributed by atoms with van der Waals surface area (Å²) >= 11 is 6.28. The van der Waals surface area contributed by atoms with E-state index >= 15 is 0 Å². The maximum Gasteiger partial charge on any atom is 0.227 e. The Hall–Kier alpha value is -1.26. The molecule has 4 nitrogen and oxygen atoms in total. The highest BCUT2D eigenvalue weighted by molar-refractivity contribution is 6.32. The fourth-order valence-corrected chi connectivity index (χ4v) is 3.58. The van der Waals surface area contributed by atoms with E-state index in [0.29, 0.717) is 16.5 Å². The molecular formula is C17H23ClN2O2. The molecule has 0 radical (unpaired) electrons. The third kappa shape index (κ3) is 3.73. The molecule has 3 N–H and O–H groups in total. The van der Waals surface area contributed by atoms with Crippen molar-refractivity contribution in [2.24, 2.45) is 11.7 Å². The highest BCUT2D eigenvalue weighted by Crippen LogP contribution is 2.32. The van der Waals surface area contributed by atoms with Crippen LogP contribution in [0.2, 0.25) is 5.02 Å². The van der Waals surface area contributed by atoms with E-state index in [1.165, 1.54) is 12.8 Å². The first kappa shape index (κ1) is 15.6. The number of hydrogen-bond donors (Lipinski definition) is 2.